The first-order valence-corrected chi connectivity index (χ1v) is 5.73. The molecule has 2 amide bonds. The van der Waals surface area contributed by atoms with Gasteiger partial charge in [0.05, 0.1) is 13.2 Å². The van der Waals surface area contributed by atoms with Gasteiger partial charge >= 0.3 is 18.2 Å². The van der Waals surface area contributed by atoms with E-state index in [0.29, 0.717) is 0 Å². The van der Waals surface area contributed by atoms with Crippen LogP contribution in [0.4, 0.5) is 18.0 Å². The Labute approximate surface area is 106 Å². The number of aliphatic carboxylic acids is 1. The first-order valence-electron chi connectivity index (χ1n) is 5.73. The van der Waals surface area contributed by atoms with Gasteiger partial charge in [-0.3, -0.25) is 0 Å². The molecule has 0 aromatic rings. The lowest BCUT2D eigenvalue weighted by atomic mass is 10.2. The van der Waals surface area contributed by atoms with Crippen LogP contribution in [0.15, 0.2) is 0 Å². The number of nitrogens with zero attached hydrogens (tertiary/aromatic N) is 1. The van der Waals surface area contributed by atoms with E-state index in [-0.39, 0.29) is 32.6 Å². The van der Waals surface area contributed by atoms with Crippen molar-refractivity contribution < 1.29 is 32.6 Å². The third-order valence-electron chi connectivity index (χ3n) is 3.31. The molecule has 1 unspecified atom stereocenters. The minimum absolute atomic E-state index is 0.0449. The smallest absolute Gasteiger partial charge is 0.411 e. The number of hydrogen-bond donors (Lipinski definition) is 2. The summed E-state index contributed by atoms with van der Waals surface area (Å²) in [5.74, 6) is -1.30. The fourth-order valence-corrected chi connectivity index (χ4v) is 1.93. The number of morpholine rings is 1. The number of ether oxygens (including phenoxy) is 1. The molecule has 0 aromatic heterocycles. The zero-order valence-electron chi connectivity index (χ0n) is 9.87. The molecule has 2 N–H and O–H groups in total. The van der Waals surface area contributed by atoms with E-state index in [1.165, 1.54) is 0 Å². The van der Waals surface area contributed by atoms with Gasteiger partial charge in [-0.2, -0.15) is 13.2 Å². The summed E-state index contributed by atoms with van der Waals surface area (Å²) >= 11 is 0. The predicted molar refractivity (Wildman–Crippen MR) is 55.5 cm³/mol. The number of carbonyl (C=O) groups excluding carboxylic acids is 1. The highest BCUT2D eigenvalue weighted by molar-refractivity contribution is 5.83. The van der Waals surface area contributed by atoms with E-state index in [2.05, 4.69) is 0 Å². The van der Waals surface area contributed by atoms with Crippen LogP contribution in [0, 0.1) is 0 Å². The van der Waals surface area contributed by atoms with Crippen LogP contribution in [0.5, 0.6) is 0 Å². The van der Waals surface area contributed by atoms with Crippen molar-refractivity contribution >= 4 is 12.0 Å². The van der Waals surface area contributed by atoms with Crippen LogP contribution in [0.25, 0.3) is 0 Å². The first-order chi connectivity index (χ1) is 8.77. The lowest BCUT2D eigenvalue weighted by Crippen LogP contribution is -2.59. The van der Waals surface area contributed by atoms with Crippen molar-refractivity contribution in [3.05, 3.63) is 0 Å². The van der Waals surface area contributed by atoms with Gasteiger partial charge in [-0.1, -0.05) is 0 Å². The Morgan fingerprint density at radius 3 is 2.47 bits per heavy atom. The molecule has 0 bridgehead atoms. The number of carbonyl (C=O) groups is 2. The number of urea groups is 1. The normalized spacial score (nSPS) is 25.8. The number of alkyl halides is 3. The SMILES string of the molecule is O=C(O)C1COCCN1C(=O)NC1(C(F)(F)F)CC1. The summed E-state index contributed by atoms with van der Waals surface area (Å²) in [7, 11) is 0. The lowest BCUT2D eigenvalue weighted by Gasteiger charge is -2.34. The molecular formula is C10H13F3N2O4. The van der Waals surface area contributed by atoms with Crippen LogP contribution in [-0.4, -0.2) is 59.5 Å². The highest BCUT2D eigenvalue weighted by atomic mass is 19.4. The lowest BCUT2D eigenvalue weighted by molar-refractivity contribution is -0.164. The maximum absolute atomic E-state index is 12.7. The third-order valence-corrected chi connectivity index (χ3v) is 3.31. The molecule has 1 saturated heterocycles. The molecular weight excluding hydrogens is 269 g/mol. The molecule has 19 heavy (non-hydrogen) atoms. The van der Waals surface area contributed by atoms with Gasteiger partial charge in [-0.25, -0.2) is 9.59 Å². The second-order valence-electron chi connectivity index (χ2n) is 4.63. The molecule has 1 saturated carbocycles. The number of rotatable bonds is 2. The van der Waals surface area contributed by atoms with Crippen molar-refractivity contribution in [3.63, 3.8) is 0 Å². The van der Waals surface area contributed by atoms with Crippen LogP contribution < -0.4 is 5.32 Å². The minimum Gasteiger partial charge on any atom is -0.480 e. The number of carboxylic acids is 1. The fourth-order valence-electron chi connectivity index (χ4n) is 1.93. The molecule has 9 heteroatoms. The zero-order chi connectivity index (χ0) is 14.3. The monoisotopic (exact) mass is 282 g/mol. The Balaban J connectivity index is 2.05. The minimum atomic E-state index is -4.52. The van der Waals surface area contributed by atoms with E-state index in [1.807, 2.05) is 5.32 Å². The molecule has 108 valence electrons. The Kier molecular flexibility index (Phi) is 3.33. The molecule has 2 rings (SSSR count). The Morgan fingerprint density at radius 1 is 1.37 bits per heavy atom. The summed E-state index contributed by atoms with van der Waals surface area (Å²) in [6, 6.07) is -2.26. The molecule has 0 radical (unpaired) electrons. The number of halogens is 3. The van der Waals surface area contributed by atoms with E-state index in [0.717, 1.165) is 4.90 Å². The van der Waals surface area contributed by atoms with Crippen LogP contribution in [0.2, 0.25) is 0 Å². The Bertz CT molecular complexity index is 395. The average molecular weight is 282 g/mol. The van der Waals surface area contributed by atoms with E-state index < -0.39 is 29.8 Å². The van der Waals surface area contributed by atoms with Crippen molar-refractivity contribution in [2.45, 2.75) is 30.6 Å². The van der Waals surface area contributed by atoms with Gasteiger partial charge in [0.25, 0.3) is 0 Å². The molecule has 1 aliphatic carbocycles. The molecule has 6 nitrogen and oxygen atoms in total. The molecule has 2 aliphatic rings. The van der Waals surface area contributed by atoms with Crippen LogP contribution in [0.3, 0.4) is 0 Å². The second kappa shape index (κ2) is 4.55. The van der Waals surface area contributed by atoms with Crippen molar-refractivity contribution in [2.24, 2.45) is 0 Å². The topological polar surface area (TPSA) is 78.9 Å². The Morgan fingerprint density at radius 2 is 2.00 bits per heavy atom. The Hall–Kier alpha value is -1.51. The van der Waals surface area contributed by atoms with Gasteiger partial charge in [-0.15, -0.1) is 0 Å². The number of carboxylic acid groups (broad SMARTS) is 1. The molecule has 1 atom stereocenters. The highest BCUT2D eigenvalue weighted by Crippen LogP contribution is 2.49. The summed E-state index contributed by atoms with van der Waals surface area (Å²) in [6.45, 7) is -0.158. The van der Waals surface area contributed by atoms with Gasteiger partial charge in [0.15, 0.2) is 6.04 Å². The summed E-state index contributed by atoms with van der Waals surface area (Å²) in [4.78, 5) is 23.6. The van der Waals surface area contributed by atoms with Crippen molar-refractivity contribution in [1.82, 2.24) is 10.2 Å². The maximum atomic E-state index is 12.7. The van der Waals surface area contributed by atoms with Crippen molar-refractivity contribution in [2.75, 3.05) is 19.8 Å². The number of amides is 2. The fraction of sp³-hybridized carbons (Fsp3) is 0.800. The average Bonchev–Trinajstić information content (AvgIpc) is 3.09. The summed E-state index contributed by atoms with van der Waals surface area (Å²) < 4.78 is 43.0. The van der Waals surface area contributed by atoms with E-state index in [9.17, 15) is 22.8 Å². The highest BCUT2D eigenvalue weighted by Gasteiger charge is 2.64. The van der Waals surface area contributed by atoms with Crippen molar-refractivity contribution in [3.8, 4) is 0 Å². The third kappa shape index (κ3) is 2.60. The van der Waals surface area contributed by atoms with Gasteiger partial charge in [0.2, 0.25) is 0 Å². The van der Waals surface area contributed by atoms with Gasteiger partial charge in [-0.05, 0) is 12.8 Å². The number of nitrogens with one attached hydrogen (secondary N) is 1. The molecule has 2 fully saturated rings. The summed E-state index contributed by atoms with van der Waals surface area (Å²) in [5.41, 5.74) is -2.19. The first kappa shape index (κ1) is 13.9. The van der Waals surface area contributed by atoms with Crippen LogP contribution in [0.1, 0.15) is 12.8 Å². The largest absolute Gasteiger partial charge is 0.480 e. The summed E-state index contributed by atoms with van der Waals surface area (Å²) in [5, 5.41) is 10.8. The van der Waals surface area contributed by atoms with Crippen LogP contribution >= 0.6 is 0 Å². The van der Waals surface area contributed by atoms with Gasteiger partial charge in [0, 0.05) is 6.54 Å². The quantitative estimate of drug-likeness (QED) is 0.776. The second-order valence-corrected chi connectivity index (χ2v) is 4.63. The van der Waals surface area contributed by atoms with Gasteiger partial charge in [0.1, 0.15) is 5.54 Å². The van der Waals surface area contributed by atoms with Crippen LogP contribution in [-0.2, 0) is 9.53 Å². The number of hydrogen-bond acceptors (Lipinski definition) is 3. The van der Waals surface area contributed by atoms with E-state index in [1.54, 1.807) is 0 Å². The van der Waals surface area contributed by atoms with E-state index >= 15 is 0 Å². The zero-order valence-corrected chi connectivity index (χ0v) is 9.87. The maximum Gasteiger partial charge on any atom is 0.411 e. The standard InChI is InChI=1S/C10H13F3N2O4/c11-10(12,13)9(1-2-9)14-8(18)15-3-4-19-5-6(15)7(16)17/h6H,1-5H2,(H,14,18)(H,16,17). The molecule has 0 aromatic carbocycles. The molecule has 1 aliphatic heterocycles. The predicted octanol–water partition coefficient (Wildman–Crippen LogP) is 0.576. The molecule has 1 heterocycles. The van der Waals surface area contributed by atoms with Gasteiger partial charge < -0.3 is 20.1 Å². The van der Waals surface area contributed by atoms with E-state index in [4.69, 9.17) is 9.84 Å². The van der Waals surface area contributed by atoms with Crippen molar-refractivity contribution in [1.29, 1.82) is 0 Å². The molecule has 0 spiro atoms. The summed E-state index contributed by atoms with van der Waals surface area (Å²) in [6.07, 6.45) is -4.87.